The Morgan fingerprint density at radius 1 is 1.03 bits per heavy atom. The predicted octanol–water partition coefficient (Wildman–Crippen LogP) is 5.32. The molecule has 0 saturated carbocycles. The lowest BCUT2D eigenvalue weighted by atomic mass is 10.1. The zero-order chi connectivity index (χ0) is 22.1. The van der Waals surface area contributed by atoms with Gasteiger partial charge in [-0.1, -0.05) is 41.4 Å². The number of rotatable bonds is 5. The first-order valence-electron chi connectivity index (χ1n) is 9.24. The van der Waals surface area contributed by atoms with E-state index in [-0.39, 0.29) is 27.8 Å². The van der Waals surface area contributed by atoms with Crippen LogP contribution >= 0.6 is 23.2 Å². The van der Waals surface area contributed by atoms with E-state index in [1.54, 1.807) is 65.2 Å². The Balaban J connectivity index is 1.81. The van der Waals surface area contributed by atoms with Crippen LogP contribution in [0.3, 0.4) is 0 Å². The maximum atomic E-state index is 13.3. The van der Waals surface area contributed by atoms with Crippen LogP contribution in [0.4, 0.5) is 11.4 Å². The number of benzene rings is 2. The molecule has 4 aromatic rings. The number of halogens is 2. The van der Waals surface area contributed by atoms with Gasteiger partial charge in [0.1, 0.15) is 11.4 Å². The van der Waals surface area contributed by atoms with Crippen molar-refractivity contribution in [1.82, 2.24) is 4.40 Å². The van der Waals surface area contributed by atoms with E-state index in [1.807, 2.05) is 0 Å². The Morgan fingerprint density at radius 3 is 2.58 bits per heavy atom. The standard InChI is InChI=1S/C23H17Cl2N3O3/c1-31-15-6-4-5-13(11-15)22(29)21-20(26)19(18-7-2-3-10-28(18)21)23(30)27-17-9-8-14(24)12-16(17)25/h2-12H,26H2,1H3,(H,27,30). The van der Waals surface area contributed by atoms with Crippen LogP contribution in [0.2, 0.25) is 10.0 Å². The summed E-state index contributed by atoms with van der Waals surface area (Å²) in [6, 6.07) is 16.7. The Kier molecular flexibility index (Phi) is 5.59. The fraction of sp³-hybridized carbons (Fsp3) is 0.0435. The maximum Gasteiger partial charge on any atom is 0.260 e. The van der Waals surface area contributed by atoms with Gasteiger partial charge in [0.05, 0.1) is 34.6 Å². The van der Waals surface area contributed by atoms with Crippen molar-refractivity contribution in [1.29, 1.82) is 0 Å². The minimum Gasteiger partial charge on any atom is -0.497 e. The Morgan fingerprint density at radius 2 is 1.84 bits per heavy atom. The summed E-state index contributed by atoms with van der Waals surface area (Å²) in [5, 5.41) is 3.48. The number of anilines is 2. The van der Waals surface area contributed by atoms with Gasteiger partial charge in [-0.05, 0) is 42.5 Å². The number of aromatic nitrogens is 1. The third kappa shape index (κ3) is 3.83. The van der Waals surface area contributed by atoms with E-state index in [0.717, 1.165) is 0 Å². The molecule has 0 spiro atoms. The molecule has 2 heterocycles. The number of nitrogens with one attached hydrogen (secondary N) is 1. The van der Waals surface area contributed by atoms with Crippen LogP contribution in [-0.4, -0.2) is 23.2 Å². The third-order valence-corrected chi connectivity index (χ3v) is 5.38. The topological polar surface area (TPSA) is 85.8 Å². The zero-order valence-corrected chi connectivity index (χ0v) is 17.9. The van der Waals surface area contributed by atoms with Crippen molar-refractivity contribution in [3.8, 4) is 5.75 Å². The zero-order valence-electron chi connectivity index (χ0n) is 16.4. The molecule has 6 nitrogen and oxygen atoms in total. The molecule has 31 heavy (non-hydrogen) atoms. The highest BCUT2D eigenvalue weighted by atomic mass is 35.5. The van der Waals surface area contributed by atoms with Gasteiger partial charge in [0.2, 0.25) is 5.78 Å². The minimum atomic E-state index is -0.491. The van der Waals surface area contributed by atoms with Crippen molar-refractivity contribution in [3.63, 3.8) is 0 Å². The summed E-state index contributed by atoms with van der Waals surface area (Å²) in [5.74, 6) is -0.281. The highest BCUT2D eigenvalue weighted by molar-refractivity contribution is 6.37. The molecule has 0 unspecified atom stereocenters. The van der Waals surface area contributed by atoms with Crippen LogP contribution in [0.1, 0.15) is 26.4 Å². The number of hydrogen-bond donors (Lipinski definition) is 2. The molecule has 0 saturated heterocycles. The van der Waals surface area contributed by atoms with E-state index in [1.165, 1.54) is 13.2 Å². The summed E-state index contributed by atoms with van der Waals surface area (Å²) in [5.41, 5.74) is 8.06. The second-order valence-electron chi connectivity index (χ2n) is 6.73. The first kappa shape index (κ1) is 20.8. The summed E-state index contributed by atoms with van der Waals surface area (Å²) in [6.45, 7) is 0. The van der Waals surface area contributed by atoms with Crippen molar-refractivity contribution >= 4 is 51.8 Å². The van der Waals surface area contributed by atoms with Gasteiger partial charge >= 0.3 is 0 Å². The van der Waals surface area contributed by atoms with Crippen LogP contribution in [0, 0.1) is 0 Å². The Hall–Kier alpha value is -3.48. The molecule has 8 heteroatoms. The smallest absolute Gasteiger partial charge is 0.260 e. The second-order valence-corrected chi connectivity index (χ2v) is 7.58. The molecule has 4 rings (SSSR count). The lowest BCUT2D eigenvalue weighted by Crippen LogP contribution is -2.14. The van der Waals surface area contributed by atoms with Gasteiger partial charge in [-0.15, -0.1) is 0 Å². The molecular formula is C23H17Cl2N3O3. The largest absolute Gasteiger partial charge is 0.497 e. The molecule has 2 aromatic heterocycles. The lowest BCUT2D eigenvalue weighted by Gasteiger charge is -2.08. The first-order valence-corrected chi connectivity index (χ1v) is 10.00. The number of ketones is 1. The first-order chi connectivity index (χ1) is 14.9. The molecule has 2 aromatic carbocycles. The number of ether oxygens (including phenoxy) is 1. The van der Waals surface area contributed by atoms with E-state index < -0.39 is 5.91 Å². The molecule has 156 valence electrons. The van der Waals surface area contributed by atoms with Crippen molar-refractivity contribution in [2.24, 2.45) is 0 Å². The monoisotopic (exact) mass is 453 g/mol. The van der Waals surface area contributed by atoms with Gasteiger partial charge in [0.25, 0.3) is 5.91 Å². The number of amides is 1. The van der Waals surface area contributed by atoms with Crippen molar-refractivity contribution in [2.75, 3.05) is 18.2 Å². The van der Waals surface area contributed by atoms with E-state index in [9.17, 15) is 9.59 Å². The number of nitrogens with two attached hydrogens (primary N) is 1. The number of hydrogen-bond acceptors (Lipinski definition) is 4. The normalized spacial score (nSPS) is 10.8. The van der Waals surface area contributed by atoms with E-state index in [4.69, 9.17) is 33.7 Å². The number of fused-ring (bicyclic) bond motifs is 1. The highest BCUT2D eigenvalue weighted by Gasteiger charge is 2.26. The molecule has 0 aliphatic heterocycles. The van der Waals surface area contributed by atoms with Crippen LogP contribution in [0.25, 0.3) is 5.52 Å². The van der Waals surface area contributed by atoms with Crippen molar-refractivity contribution in [2.45, 2.75) is 0 Å². The molecule has 0 fully saturated rings. The lowest BCUT2D eigenvalue weighted by molar-refractivity contribution is 0.102. The van der Waals surface area contributed by atoms with Gasteiger partial charge in [-0.25, -0.2) is 0 Å². The van der Waals surface area contributed by atoms with Gasteiger partial charge < -0.3 is 20.2 Å². The third-order valence-electron chi connectivity index (χ3n) is 4.83. The van der Waals surface area contributed by atoms with Crippen LogP contribution in [-0.2, 0) is 0 Å². The van der Waals surface area contributed by atoms with Crippen molar-refractivity contribution < 1.29 is 14.3 Å². The average molecular weight is 454 g/mol. The maximum absolute atomic E-state index is 13.3. The van der Waals surface area contributed by atoms with Crippen LogP contribution in [0.15, 0.2) is 66.9 Å². The summed E-state index contributed by atoms with van der Waals surface area (Å²) in [7, 11) is 1.52. The van der Waals surface area contributed by atoms with Crippen LogP contribution < -0.4 is 15.8 Å². The SMILES string of the molecule is COc1cccc(C(=O)c2c(N)c(C(=O)Nc3ccc(Cl)cc3Cl)c3ccccn23)c1. The second kappa shape index (κ2) is 8.34. The quantitative estimate of drug-likeness (QED) is 0.400. The number of nitrogen functional groups attached to an aromatic ring is 1. The summed E-state index contributed by atoms with van der Waals surface area (Å²) in [4.78, 5) is 26.4. The van der Waals surface area contributed by atoms with Gasteiger partial charge in [0.15, 0.2) is 0 Å². The van der Waals surface area contributed by atoms with E-state index in [2.05, 4.69) is 5.32 Å². The number of methoxy groups -OCH3 is 1. The molecule has 0 radical (unpaired) electrons. The predicted molar refractivity (Wildman–Crippen MR) is 123 cm³/mol. The van der Waals surface area contributed by atoms with Crippen LogP contribution in [0.5, 0.6) is 5.75 Å². The Bertz CT molecular complexity index is 1330. The molecule has 0 aliphatic carbocycles. The highest BCUT2D eigenvalue weighted by Crippen LogP contribution is 2.31. The molecule has 0 atom stereocenters. The number of carbonyl (C=O) groups is 2. The van der Waals surface area contributed by atoms with E-state index >= 15 is 0 Å². The number of carbonyl (C=O) groups excluding carboxylic acids is 2. The minimum absolute atomic E-state index is 0.0709. The van der Waals surface area contributed by atoms with Gasteiger partial charge in [0, 0.05) is 16.8 Å². The van der Waals surface area contributed by atoms with Crippen molar-refractivity contribution in [3.05, 3.63) is 93.7 Å². The average Bonchev–Trinajstić information content (AvgIpc) is 3.07. The number of nitrogens with zero attached hydrogens (tertiary/aromatic N) is 1. The van der Waals surface area contributed by atoms with Gasteiger partial charge in [-0.3, -0.25) is 9.59 Å². The van der Waals surface area contributed by atoms with E-state index in [0.29, 0.717) is 27.5 Å². The fourth-order valence-electron chi connectivity index (χ4n) is 3.38. The van der Waals surface area contributed by atoms with Gasteiger partial charge in [-0.2, -0.15) is 0 Å². The Labute approximate surface area is 188 Å². The molecule has 0 aliphatic rings. The summed E-state index contributed by atoms with van der Waals surface area (Å²) in [6.07, 6.45) is 1.69. The fourth-order valence-corrected chi connectivity index (χ4v) is 3.83. The molecule has 1 amide bonds. The summed E-state index contributed by atoms with van der Waals surface area (Å²) >= 11 is 12.1. The molecular weight excluding hydrogens is 437 g/mol. The number of pyridine rings is 1. The molecule has 0 bridgehead atoms. The summed E-state index contributed by atoms with van der Waals surface area (Å²) < 4.78 is 6.82. The molecule has 3 N–H and O–H groups in total.